The molecule has 0 spiro atoms. The lowest BCUT2D eigenvalue weighted by atomic mass is 10.2. The Morgan fingerprint density at radius 1 is 1.47 bits per heavy atom. The Morgan fingerprint density at radius 3 is 2.80 bits per heavy atom. The maximum absolute atomic E-state index is 5.55. The smallest absolute Gasteiger partial charge is 0.138 e. The molecule has 0 radical (unpaired) electrons. The molecule has 0 amide bonds. The normalized spacial score (nSPS) is 10.9. The quantitative estimate of drug-likeness (QED) is 0.828. The Balaban J connectivity index is 2.21. The summed E-state index contributed by atoms with van der Waals surface area (Å²) in [6.45, 7) is 5.26. The lowest BCUT2D eigenvalue weighted by Crippen LogP contribution is -1.99. The van der Waals surface area contributed by atoms with E-state index in [1.807, 2.05) is 32.3 Å². The highest BCUT2D eigenvalue weighted by Crippen LogP contribution is 2.14. The highest BCUT2D eigenvalue weighted by molar-refractivity contribution is 5.22. The first-order valence-corrected chi connectivity index (χ1v) is 4.97. The minimum absolute atomic E-state index is 0.578. The van der Waals surface area contributed by atoms with E-state index in [1.165, 1.54) is 0 Å². The first-order valence-electron chi connectivity index (χ1n) is 4.97. The van der Waals surface area contributed by atoms with Crippen LogP contribution < -0.4 is 5.73 Å². The number of nitrogens with zero attached hydrogens (tertiary/aromatic N) is 2. The van der Waals surface area contributed by atoms with Crippen LogP contribution in [0, 0.1) is 13.8 Å². The molecule has 2 heterocycles. The van der Waals surface area contributed by atoms with Gasteiger partial charge in [0.2, 0.25) is 0 Å². The molecule has 2 aromatic rings. The van der Waals surface area contributed by atoms with Crippen LogP contribution in [0.15, 0.2) is 23.0 Å². The fraction of sp³-hybridized carbons (Fsp3) is 0.364. The predicted octanol–water partition coefficient (Wildman–Crippen LogP) is 1.60. The molecule has 0 aromatic carbocycles. The van der Waals surface area contributed by atoms with Crippen LogP contribution in [0.2, 0.25) is 0 Å². The summed E-state index contributed by atoms with van der Waals surface area (Å²) in [5, 5.41) is 3.93. The van der Waals surface area contributed by atoms with Crippen molar-refractivity contribution in [1.82, 2.24) is 9.72 Å². The van der Waals surface area contributed by atoms with Gasteiger partial charge in [0.1, 0.15) is 5.76 Å². The van der Waals surface area contributed by atoms with Crippen molar-refractivity contribution < 1.29 is 4.52 Å². The largest absolute Gasteiger partial charge is 0.361 e. The van der Waals surface area contributed by atoms with E-state index in [-0.39, 0.29) is 0 Å². The van der Waals surface area contributed by atoms with E-state index in [0.29, 0.717) is 6.54 Å². The molecule has 0 atom stereocenters. The second kappa shape index (κ2) is 3.90. The average Bonchev–Trinajstić information content (AvgIpc) is 2.80. The second-order valence-corrected chi connectivity index (χ2v) is 3.70. The Labute approximate surface area is 88.7 Å². The van der Waals surface area contributed by atoms with E-state index in [2.05, 4.69) is 9.72 Å². The Hall–Kier alpha value is -1.55. The van der Waals surface area contributed by atoms with Gasteiger partial charge >= 0.3 is 0 Å². The van der Waals surface area contributed by atoms with Crippen molar-refractivity contribution in [2.45, 2.75) is 26.9 Å². The molecule has 0 saturated carbocycles. The van der Waals surface area contributed by atoms with Crippen LogP contribution in [0.3, 0.4) is 0 Å². The molecule has 0 aliphatic carbocycles. The number of rotatable bonds is 3. The SMILES string of the molecule is Cc1noc(C)c1Cn1ccc(CN)c1. The zero-order valence-electron chi connectivity index (χ0n) is 9.03. The first-order chi connectivity index (χ1) is 7.20. The minimum Gasteiger partial charge on any atom is -0.361 e. The minimum atomic E-state index is 0.578. The standard InChI is InChI=1S/C11H15N3O/c1-8-11(9(2)15-13-8)7-14-4-3-10(5-12)6-14/h3-4,6H,5,7,12H2,1-2H3. The van der Waals surface area contributed by atoms with E-state index in [4.69, 9.17) is 10.3 Å². The third kappa shape index (κ3) is 1.94. The molecule has 0 bridgehead atoms. The molecular weight excluding hydrogens is 190 g/mol. The Kier molecular flexibility index (Phi) is 2.60. The number of nitrogens with two attached hydrogens (primary N) is 1. The fourth-order valence-corrected chi connectivity index (χ4v) is 1.62. The van der Waals surface area contributed by atoms with Crippen LogP contribution in [-0.2, 0) is 13.1 Å². The lowest BCUT2D eigenvalue weighted by Gasteiger charge is -2.01. The molecule has 15 heavy (non-hydrogen) atoms. The van der Waals surface area contributed by atoms with Gasteiger partial charge in [-0.3, -0.25) is 0 Å². The lowest BCUT2D eigenvalue weighted by molar-refractivity contribution is 0.392. The summed E-state index contributed by atoms with van der Waals surface area (Å²) in [6.07, 6.45) is 4.07. The van der Waals surface area contributed by atoms with Crippen LogP contribution in [-0.4, -0.2) is 9.72 Å². The molecular formula is C11H15N3O. The number of hydrogen-bond donors (Lipinski definition) is 1. The summed E-state index contributed by atoms with van der Waals surface area (Å²) in [6, 6.07) is 2.03. The number of aromatic nitrogens is 2. The van der Waals surface area contributed by atoms with Crippen LogP contribution in [0.5, 0.6) is 0 Å². The van der Waals surface area contributed by atoms with Gasteiger partial charge in [0.25, 0.3) is 0 Å². The Morgan fingerprint density at radius 2 is 2.27 bits per heavy atom. The van der Waals surface area contributed by atoms with E-state index in [9.17, 15) is 0 Å². The number of aryl methyl sites for hydroxylation is 2. The fourth-order valence-electron chi connectivity index (χ4n) is 1.62. The van der Waals surface area contributed by atoms with E-state index in [1.54, 1.807) is 0 Å². The van der Waals surface area contributed by atoms with Crippen molar-refractivity contribution in [3.8, 4) is 0 Å². The molecule has 0 aliphatic heterocycles. The van der Waals surface area contributed by atoms with E-state index < -0.39 is 0 Å². The first kappa shape index (κ1) is 9.98. The molecule has 0 fully saturated rings. The zero-order valence-corrected chi connectivity index (χ0v) is 9.03. The monoisotopic (exact) mass is 205 g/mol. The van der Waals surface area contributed by atoms with Crippen molar-refractivity contribution in [3.05, 3.63) is 41.0 Å². The zero-order chi connectivity index (χ0) is 10.8. The van der Waals surface area contributed by atoms with Gasteiger partial charge in [0.05, 0.1) is 12.2 Å². The van der Waals surface area contributed by atoms with E-state index >= 15 is 0 Å². The van der Waals surface area contributed by atoms with Gasteiger partial charge < -0.3 is 14.8 Å². The maximum Gasteiger partial charge on any atom is 0.138 e. The molecule has 0 unspecified atom stereocenters. The van der Waals surface area contributed by atoms with Crippen LogP contribution in [0.25, 0.3) is 0 Å². The molecule has 80 valence electrons. The predicted molar refractivity (Wildman–Crippen MR) is 57.4 cm³/mol. The molecule has 2 aromatic heterocycles. The summed E-state index contributed by atoms with van der Waals surface area (Å²) >= 11 is 0. The molecule has 4 nitrogen and oxygen atoms in total. The Bertz CT molecular complexity index is 437. The van der Waals surface area contributed by atoms with Gasteiger partial charge in [-0.2, -0.15) is 0 Å². The van der Waals surface area contributed by atoms with Crippen molar-refractivity contribution in [2.75, 3.05) is 0 Å². The van der Waals surface area contributed by atoms with Crippen molar-refractivity contribution >= 4 is 0 Å². The molecule has 4 heteroatoms. The van der Waals surface area contributed by atoms with Crippen LogP contribution in [0.4, 0.5) is 0 Å². The van der Waals surface area contributed by atoms with Gasteiger partial charge in [-0.05, 0) is 25.5 Å². The van der Waals surface area contributed by atoms with Crippen molar-refractivity contribution in [1.29, 1.82) is 0 Å². The third-order valence-corrected chi connectivity index (χ3v) is 2.57. The maximum atomic E-state index is 5.55. The highest BCUT2D eigenvalue weighted by Gasteiger charge is 2.08. The van der Waals surface area contributed by atoms with Gasteiger partial charge in [0, 0.05) is 24.5 Å². The topological polar surface area (TPSA) is 57.0 Å². The molecule has 0 saturated heterocycles. The second-order valence-electron chi connectivity index (χ2n) is 3.70. The van der Waals surface area contributed by atoms with Gasteiger partial charge in [-0.1, -0.05) is 5.16 Å². The summed E-state index contributed by atoms with van der Waals surface area (Å²) < 4.78 is 7.20. The average molecular weight is 205 g/mol. The summed E-state index contributed by atoms with van der Waals surface area (Å²) in [5.74, 6) is 0.885. The van der Waals surface area contributed by atoms with Crippen LogP contribution >= 0.6 is 0 Å². The van der Waals surface area contributed by atoms with Gasteiger partial charge in [0.15, 0.2) is 0 Å². The highest BCUT2D eigenvalue weighted by atomic mass is 16.5. The van der Waals surface area contributed by atoms with Gasteiger partial charge in [-0.25, -0.2) is 0 Å². The van der Waals surface area contributed by atoms with Gasteiger partial charge in [-0.15, -0.1) is 0 Å². The summed E-state index contributed by atoms with van der Waals surface area (Å²) in [7, 11) is 0. The third-order valence-electron chi connectivity index (χ3n) is 2.57. The molecule has 2 rings (SSSR count). The number of hydrogen-bond acceptors (Lipinski definition) is 3. The summed E-state index contributed by atoms with van der Waals surface area (Å²) in [5.41, 5.74) is 8.79. The van der Waals surface area contributed by atoms with E-state index in [0.717, 1.165) is 29.1 Å². The van der Waals surface area contributed by atoms with Crippen molar-refractivity contribution in [2.24, 2.45) is 5.73 Å². The molecule has 2 N–H and O–H groups in total. The summed E-state index contributed by atoms with van der Waals surface area (Å²) in [4.78, 5) is 0. The van der Waals surface area contributed by atoms with Crippen LogP contribution in [0.1, 0.15) is 22.6 Å². The van der Waals surface area contributed by atoms with Crippen molar-refractivity contribution in [3.63, 3.8) is 0 Å². The molecule has 0 aliphatic rings.